The predicted molar refractivity (Wildman–Crippen MR) is 95.5 cm³/mol. The summed E-state index contributed by atoms with van der Waals surface area (Å²) in [5, 5.41) is 10.2. The Morgan fingerprint density at radius 3 is 3.04 bits per heavy atom. The lowest BCUT2D eigenvalue weighted by Gasteiger charge is -2.37. The molecule has 1 aromatic carbocycles. The number of amides is 2. The van der Waals surface area contributed by atoms with Crippen molar-refractivity contribution in [3.8, 4) is 0 Å². The molecule has 0 bridgehead atoms. The summed E-state index contributed by atoms with van der Waals surface area (Å²) in [6.07, 6.45) is 3.11. The quantitative estimate of drug-likeness (QED) is 0.776. The molecule has 2 aliphatic heterocycles. The van der Waals surface area contributed by atoms with Crippen LogP contribution in [0.4, 0.5) is 10.5 Å². The predicted octanol–water partition coefficient (Wildman–Crippen LogP) is -0.0709. The molecule has 1 aromatic heterocycles. The third kappa shape index (κ3) is 3.56. The smallest absolute Gasteiger partial charge is 0.318 e. The van der Waals surface area contributed by atoms with Crippen molar-refractivity contribution in [1.29, 1.82) is 0 Å². The molecule has 2 amide bonds. The summed E-state index contributed by atoms with van der Waals surface area (Å²) < 4.78 is 25.5. The number of rotatable bonds is 3. The molecular formula is C16H20N6O3S. The van der Waals surface area contributed by atoms with Crippen molar-refractivity contribution in [3.63, 3.8) is 0 Å². The van der Waals surface area contributed by atoms with Crippen LogP contribution in [0.1, 0.15) is 5.56 Å². The molecular weight excluding hydrogens is 356 g/mol. The number of hydrogen-bond donors (Lipinski definition) is 2. The van der Waals surface area contributed by atoms with Crippen LogP contribution in [0.25, 0.3) is 0 Å². The number of nitrogens with zero attached hydrogens (tertiary/aromatic N) is 4. The largest absolute Gasteiger partial charge is 0.322 e. The minimum Gasteiger partial charge on any atom is -0.318 e. The fourth-order valence-electron chi connectivity index (χ4n) is 3.56. The Morgan fingerprint density at radius 1 is 1.35 bits per heavy atom. The molecule has 0 radical (unpaired) electrons. The van der Waals surface area contributed by atoms with Gasteiger partial charge < -0.3 is 15.5 Å². The van der Waals surface area contributed by atoms with E-state index in [-0.39, 0.29) is 29.6 Å². The SMILES string of the molecule is O=C(Nc1cccc(Cn2cncn2)c1)N1CCN[C@@H]2CS(=O)(=O)C[C@@H]21. The average Bonchev–Trinajstić information content (AvgIpc) is 3.20. The van der Waals surface area contributed by atoms with Gasteiger partial charge in [0, 0.05) is 24.8 Å². The van der Waals surface area contributed by atoms with Crippen molar-refractivity contribution in [1.82, 2.24) is 25.0 Å². The molecule has 10 heteroatoms. The van der Waals surface area contributed by atoms with Crippen molar-refractivity contribution in [2.24, 2.45) is 0 Å². The van der Waals surface area contributed by atoms with Gasteiger partial charge in [-0.3, -0.25) is 0 Å². The maximum absolute atomic E-state index is 12.7. The lowest BCUT2D eigenvalue weighted by atomic mass is 10.1. The Hall–Kier alpha value is -2.46. The van der Waals surface area contributed by atoms with Gasteiger partial charge in [0.1, 0.15) is 12.7 Å². The van der Waals surface area contributed by atoms with Gasteiger partial charge in [0.25, 0.3) is 0 Å². The molecule has 26 heavy (non-hydrogen) atoms. The van der Waals surface area contributed by atoms with Crippen molar-refractivity contribution >= 4 is 21.6 Å². The Bertz CT molecular complexity index is 898. The number of urea groups is 1. The topological polar surface area (TPSA) is 109 Å². The number of carbonyl (C=O) groups excluding carboxylic acids is 1. The van der Waals surface area contributed by atoms with Gasteiger partial charge in [-0.25, -0.2) is 22.9 Å². The number of piperazine rings is 1. The normalized spacial score (nSPS) is 24.2. The zero-order valence-electron chi connectivity index (χ0n) is 14.1. The zero-order chi connectivity index (χ0) is 18.1. The summed E-state index contributed by atoms with van der Waals surface area (Å²) in [7, 11) is -3.10. The van der Waals surface area contributed by atoms with E-state index in [9.17, 15) is 13.2 Å². The first-order valence-electron chi connectivity index (χ1n) is 8.43. The minimum atomic E-state index is -3.10. The van der Waals surface area contributed by atoms with Crippen molar-refractivity contribution < 1.29 is 13.2 Å². The van der Waals surface area contributed by atoms with Gasteiger partial charge in [-0.15, -0.1) is 0 Å². The van der Waals surface area contributed by atoms with Gasteiger partial charge in [0.05, 0.1) is 24.1 Å². The van der Waals surface area contributed by atoms with Crippen LogP contribution in [0.3, 0.4) is 0 Å². The van der Waals surface area contributed by atoms with Gasteiger partial charge in [-0.2, -0.15) is 5.10 Å². The van der Waals surface area contributed by atoms with E-state index in [1.165, 1.54) is 6.33 Å². The van der Waals surface area contributed by atoms with Crippen LogP contribution in [0.5, 0.6) is 0 Å². The molecule has 2 aliphatic rings. The molecule has 138 valence electrons. The number of aromatic nitrogens is 3. The molecule has 4 rings (SSSR count). The van der Waals surface area contributed by atoms with E-state index in [2.05, 4.69) is 20.7 Å². The molecule has 0 unspecified atom stereocenters. The number of nitrogens with one attached hydrogen (secondary N) is 2. The maximum atomic E-state index is 12.7. The highest BCUT2D eigenvalue weighted by Crippen LogP contribution is 2.22. The van der Waals surface area contributed by atoms with Gasteiger partial charge in [0.15, 0.2) is 9.84 Å². The van der Waals surface area contributed by atoms with E-state index in [4.69, 9.17) is 0 Å². The maximum Gasteiger partial charge on any atom is 0.322 e. The summed E-state index contributed by atoms with van der Waals surface area (Å²) >= 11 is 0. The van der Waals surface area contributed by atoms with Gasteiger partial charge in [-0.1, -0.05) is 12.1 Å². The third-order valence-corrected chi connectivity index (χ3v) is 6.45. The lowest BCUT2D eigenvalue weighted by Crippen LogP contribution is -2.59. The van der Waals surface area contributed by atoms with E-state index >= 15 is 0 Å². The minimum absolute atomic E-state index is 0.0183. The van der Waals surface area contributed by atoms with Crippen LogP contribution < -0.4 is 10.6 Å². The van der Waals surface area contributed by atoms with Crippen molar-refractivity contribution in [3.05, 3.63) is 42.5 Å². The number of sulfone groups is 1. The Kier molecular flexibility index (Phi) is 4.37. The highest BCUT2D eigenvalue weighted by Gasteiger charge is 2.44. The molecule has 2 fully saturated rings. The fourth-order valence-corrected chi connectivity index (χ4v) is 5.52. The summed E-state index contributed by atoms with van der Waals surface area (Å²) in [4.78, 5) is 18.3. The van der Waals surface area contributed by atoms with E-state index in [0.717, 1.165) is 5.56 Å². The molecule has 2 atom stereocenters. The van der Waals surface area contributed by atoms with E-state index in [1.54, 1.807) is 15.9 Å². The second kappa shape index (κ2) is 6.69. The van der Waals surface area contributed by atoms with E-state index in [0.29, 0.717) is 25.3 Å². The van der Waals surface area contributed by atoms with Crippen molar-refractivity contribution in [2.75, 3.05) is 29.9 Å². The molecule has 0 aliphatic carbocycles. The summed E-state index contributed by atoms with van der Waals surface area (Å²) in [5.74, 6) is 0.110. The van der Waals surface area contributed by atoms with Gasteiger partial charge in [0.2, 0.25) is 0 Å². The summed E-state index contributed by atoms with van der Waals surface area (Å²) in [6, 6.07) is 6.74. The average molecular weight is 376 g/mol. The van der Waals surface area contributed by atoms with Crippen LogP contribution in [-0.2, 0) is 16.4 Å². The van der Waals surface area contributed by atoms with Crippen LogP contribution >= 0.6 is 0 Å². The first kappa shape index (κ1) is 17.0. The lowest BCUT2D eigenvalue weighted by molar-refractivity contribution is 0.163. The van der Waals surface area contributed by atoms with E-state index in [1.807, 2.05) is 24.3 Å². The van der Waals surface area contributed by atoms with Gasteiger partial charge >= 0.3 is 6.03 Å². The van der Waals surface area contributed by atoms with Crippen LogP contribution in [0.2, 0.25) is 0 Å². The third-order valence-electron chi connectivity index (χ3n) is 4.73. The first-order valence-corrected chi connectivity index (χ1v) is 10.3. The molecule has 3 heterocycles. The summed E-state index contributed by atoms with van der Waals surface area (Å²) in [5.41, 5.74) is 1.65. The van der Waals surface area contributed by atoms with E-state index < -0.39 is 9.84 Å². The standard InChI is InChI=1S/C16H20N6O3S/c23-16(22-5-4-18-14-8-26(24,25)9-15(14)22)20-13-3-1-2-12(6-13)7-21-11-17-10-19-21/h1-3,6,10-11,14-15,18H,4-5,7-9H2,(H,20,23)/t14-,15+/m1/s1. The first-order chi connectivity index (χ1) is 12.5. The number of benzene rings is 1. The molecule has 9 nitrogen and oxygen atoms in total. The Labute approximate surface area is 151 Å². The molecule has 2 N–H and O–H groups in total. The molecule has 0 saturated carbocycles. The number of anilines is 1. The van der Waals surface area contributed by atoms with Crippen molar-refractivity contribution in [2.45, 2.75) is 18.6 Å². The van der Waals surface area contributed by atoms with Crippen LogP contribution in [0, 0.1) is 0 Å². The van der Waals surface area contributed by atoms with Crippen LogP contribution in [-0.4, -0.2) is 70.8 Å². The number of hydrogen-bond acceptors (Lipinski definition) is 6. The number of fused-ring (bicyclic) bond motifs is 1. The molecule has 0 spiro atoms. The fraction of sp³-hybridized carbons (Fsp3) is 0.438. The molecule has 2 aromatic rings. The Morgan fingerprint density at radius 2 is 2.23 bits per heavy atom. The zero-order valence-corrected chi connectivity index (χ0v) is 14.9. The number of carbonyl (C=O) groups is 1. The monoisotopic (exact) mass is 376 g/mol. The van der Waals surface area contributed by atoms with Crippen LogP contribution in [0.15, 0.2) is 36.9 Å². The highest BCUT2D eigenvalue weighted by molar-refractivity contribution is 7.91. The second-order valence-corrected chi connectivity index (χ2v) is 8.78. The highest BCUT2D eigenvalue weighted by atomic mass is 32.2. The van der Waals surface area contributed by atoms with Gasteiger partial charge in [-0.05, 0) is 17.7 Å². The second-order valence-electron chi connectivity index (χ2n) is 6.62. The Balaban J connectivity index is 1.46. The summed E-state index contributed by atoms with van der Waals surface area (Å²) in [6.45, 7) is 1.64. The molecule has 2 saturated heterocycles.